The van der Waals surface area contributed by atoms with Crippen LogP contribution in [0.25, 0.3) is 0 Å². The van der Waals surface area contributed by atoms with Crippen molar-refractivity contribution in [1.29, 1.82) is 10.5 Å². The van der Waals surface area contributed by atoms with Crippen molar-refractivity contribution >= 4 is 0 Å². The molecule has 0 amide bonds. The molecule has 0 atom stereocenters. The summed E-state index contributed by atoms with van der Waals surface area (Å²) in [7, 11) is 0. The summed E-state index contributed by atoms with van der Waals surface area (Å²) in [5, 5.41) is 20.2. The van der Waals surface area contributed by atoms with Crippen molar-refractivity contribution in [2.45, 2.75) is 33.2 Å². The van der Waals surface area contributed by atoms with E-state index in [0.717, 1.165) is 0 Å². The van der Waals surface area contributed by atoms with Crippen LogP contribution in [0.1, 0.15) is 27.7 Å². The molecule has 0 aromatic heterocycles. The molecule has 0 saturated carbocycles. The van der Waals surface area contributed by atoms with Gasteiger partial charge in [-0.2, -0.15) is 10.5 Å². The van der Waals surface area contributed by atoms with Gasteiger partial charge in [0.15, 0.2) is 0 Å². The molecular weight excluding hydrogens is 150 g/mol. The van der Waals surface area contributed by atoms with Crippen molar-refractivity contribution in [3.05, 3.63) is 11.3 Å². The lowest BCUT2D eigenvalue weighted by atomic mass is 10.1. The van der Waals surface area contributed by atoms with Gasteiger partial charge >= 0.3 is 0 Å². The van der Waals surface area contributed by atoms with E-state index in [1.807, 2.05) is 32.9 Å². The fourth-order valence-electron chi connectivity index (χ4n) is 0.636. The van der Waals surface area contributed by atoms with Gasteiger partial charge in [-0.1, -0.05) is 0 Å². The average Bonchev–Trinajstić information content (AvgIpc) is 1.97. The van der Waals surface area contributed by atoms with Crippen molar-refractivity contribution < 1.29 is 0 Å². The smallest absolute Gasteiger partial charge is 0.127 e. The molecule has 3 nitrogen and oxygen atoms in total. The Morgan fingerprint density at radius 3 is 1.92 bits per heavy atom. The third kappa shape index (κ3) is 3.63. The molecule has 0 aliphatic carbocycles. The van der Waals surface area contributed by atoms with Gasteiger partial charge in [0.1, 0.15) is 11.8 Å². The third-order valence-corrected chi connectivity index (χ3v) is 1.15. The first kappa shape index (κ1) is 10.5. The number of allylic oxidation sites excluding steroid dienone is 2. The maximum absolute atomic E-state index is 8.67. The Morgan fingerprint density at radius 2 is 1.67 bits per heavy atom. The highest BCUT2D eigenvalue weighted by Crippen LogP contribution is 2.06. The van der Waals surface area contributed by atoms with Gasteiger partial charge in [0, 0.05) is 5.54 Å². The number of nitriles is 2. The monoisotopic (exact) mass is 163 g/mol. The van der Waals surface area contributed by atoms with E-state index in [9.17, 15) is 0 Å². The summed E-state index contributed by atoms with van der Waals surface area (Å²) in [6.45, 7) is 7.44. The van der Waals surface area contributed by atoms with Gasteiger partial charge in [0.05, 0.1) is 11.6 Å². The fraction of sp³-hybridized carbons (Fsp3) is 0.556. The highest BCUT2D eigenvalue weighted by molar-refractivity contribution is 5.34. The molecule has 1 N–H and O–H groups in total. The van der Waals surface area contributed by atoms with Crippen LogP contribution >= 0.6 is 0 Å². The van der Waals surface area contributed by atoms with Crippen molar-refractivity contribution in [1.82, 2.24) is 5.32 Å². The largest absolute Gasteiger partial charge is 0.371 e. The van der Waals surface area contributed by atoms with E-state index in [-0.39, 0.29) is 5.54 Å². The lowest BCUT2D eigenvalue weighted by molar-refractivity contribution is 0.479. The first-order valence-electron chi connectivity index (χ1n) is 3.70. The number of nitrogens with zero attached hydrogens (tertiary/aromatic N) is 2. The molecule has 0 saturated heterocycles. The van der Waals surface area contributed by atoms with Gasteiger partial charge in [0.25, 0.3) is 0 Å². The predicted molar refractivity (Wildman–Crippen MR) is 46.8 cm³/mol. The minimum atomic E-state index is -0.177. The van der Waals surface area contributed by atoms with E-state index in [2.05, 4.69) is 5.32 Å². The van der Waals surface area contributed by atoms with Crippen LogP contribution in [-0.2, 0) is 0 Å². The van der Waals surface area contributed by atoms with Gasteiger partial charge in [-0.05, 0) is 27.7 Å². The second-order valence-electron chi connectivity index (χ2n) is 3.60. The van der Waals surface area contributed by atoms with E-state index >= 15 is 0 Å². The van der Waals surface area contributed by atoms with Crippen LogP contribution in [0.5, 0.6) is 0 Å². The van der Waals surface area contributed by atoms with Crippen LogP contribution in [0, 0.1) is 22.7 Å². The average molecular weight is 163 g/mol. The highest BCUT2D eigenvalue weighted by atomic mass is 15.0. The summed E-state index contributed by atoms with van der Waals surface area (Å²) in [4.78, 5) is 0. The summed E-state index contributed by atoms with van der Waals surface area (Å²) < 4.78 is 0. The Morgan fingerprint density at radius 1 is 1.17 bits per heavy atom. The second kappa shape index (κ2) is 3.78. The molecule has 0 aromatic rings. The zero-order valence-electron chi connectivity index (χ0n) is 7.89. The van der Waals surface area contributed by atoms with Crippen LogP contribution in [0.15, 0.2) is 11.3 Å². The molecule has 0 bridgehead atoms. The van der Waals surface area contributed by atoms with Crippen molar-refractivity contribution in [2.75, 3.05) is 0 Å². The Hall–Kier alpha value is -1.48. The minimum Gasteiger partial charge on any atom is -0.371 e. The molecule has 0 radical (unpaired) electrons. The summed E-state index contributed by atoms with van der Waals surface area (Å²) >= 11 is 0. The summed E-state index contributed by atoms with van der Waals surface area (Å²) in [5.74, 6) is 0. The molecule has 0 heterocycles. The van der Waals surface area contributed by atoms with E-state index in [1.54, 1.807) is 6.92 Å². The topological polar surface area (TPSA) is 59.6 Å². The molecule has 12 heavy (non-hydrogen) atoms. The van der Waals surface area contributed by atoms with Crippen LogP contribution in [0.2, 0.25) is 0 Å². The second-order valence-corrected chi connectivity index (χ2v) is 3.60. The van der Waals surface area contributed by atoms with Crippen LogP contribution in [0.4, 0.5) is 0 Å². The third-order valence-electron chi connectivity index (χ3n) is 1.15. The SMILES string of the molecule is C/C(C#N)=C(/C#N)NC(C)(C)C. The molecular formula is C9H13N3. The van der Waals surface area contributed by atoms with E-state index in [0.29, 0.717) is 11.3 Å². The number of rotatable bonds is 1. The molecule has 0 fully saturated rings. The van der Waals surface area contributed by atoms with Gasteiger partial charge < -0.3 is 5.32 Å². The molecule has 3 heteroatoms. The number of hydrogen-bond acceptors (Lipinski definition) is 3. The maximum atomic E-state index is 8.67. The van der Waals surface area contributed by atoms with Gasteiger partial charge in [-0.15, -0.1) is 0 Å². The highest BCUT2D eigenvalue weighted by Gasteiger charge is 2.12. The first-order chi connectivity index (χ1) is 5.40. The molecule has 0 spiro atoms. The molecule has 0 aliphatic rings. The van der Waals surface area contributed by atoms with E-state index < -0.39 is 0 Å². The van der Waals surface area contributed by atoms with Crippen LogP contribution in [-0.4, -0.2) is 5.54 Å². The first-order valence-corrected chi connectivity index (χ1v) is 3.70. The summed E-state index contributed by atoms with van der Waals surface area (Å²) in [6, 6.07) is 3.89. The lowest BCUT2D eigenvalue weighted by Crippen LogP contribution is -2.35. The standard InChI is InChI=1S/C9H13N3/c1-7(5-10)8(6-11)12-9(2,3)4/h12H,1-4H3/b8-7+. The molecule has 0 aromatic carbocycles. The quantitative estimate of drug-likeness (QED) is 0.598. The van der Waals surface area contributed by atoms with Crippen LogP contribution < -0.4 is 5.32 Å². The summed E-state index contributed by atoms with van der Waals surface area (Å²) in [6.07, 6.45) is 0. The zero-order chi connectivity index (χ0) is 9.78. The molecule has 0 rings (SSSR count). The Balaban J connectivity index is 4.68. The maximum Gasteiger partial charge on any atom is 0.127 e. The van der Waals surface area contributed by atoms with Gasteiger partial charge in [-0.3, -0.25) is 0 Å². The van der Waals surface area contributed by atoms with E-state index in [1.165, 1.54) is 0 Å². The van der Waals surface area contributed by atoms with Gasteiger partial charge in [0.2, 0.25) is 0 Å². The fourth-order valence-corrected chi connectivity index (χ4v) is 0.636. The minimum absolute atomic E-state index is 0.177. The van der Waals surface area contributed by atoms with Crippen LogP contribution in [0.3, 0.4) is 0 Å². The molecule has 64 valence electrons. The lowest BCUT2D eigenvalue weighted by Gasteiger charge is -2.21. The number of hydrogen-bond donors (Lipinski definition) is 1. The Kier molecular flexibility index (Phi) is 3.31. The molecule has 0 unspecified atom stereocenters. The number of nitrogens with one attached hydrogen (secondary N) is 1. The predicted octanol–water partition coefficient (Wildman–Crippen LogP) is 1.70. The Bertz CT molecular complexity index is 268. The summed E-state index contributed by atoms with van der Waals surface area (Å²) in [5.41, 5.74) is 0.598. The van der Waals surface area contributed by atoms with Crippen molar-refractivity contribution in [2.24, 2.45) is 0 Å². The molecule has 0 aliphatic heterocycles. The normalized spacial score (nSPS) is 12.5. The van der Waals surface area contributed by atoms with Crippen molar-refractivity contribution in [3.8, 4) is 12.1 Å². The van der Waals surface area contributed by atoms with Crippen molar-refractivity contribution in [3.63, 3.8) is 0 Å². The Labute approximate surface area is 73.3 Å². The zero-order valence-corrected chi connectivity index (χ0v) is 7.89. The van der Waals surface area contributed by atoms with E-state index in [4.69, 9.17) is 10.5 Å². The van der Waals surface area contributed by atoms with Gasteiger partial charge in [-0.25, -0.2) is 0 Å².